The molecule has 0 unspecified atom stereocenters. The maximum Gasteiger partial charge on any atom is 0.364 e. The summed E-state index contributed by atoms with van der Waals surface area (Å²) in [5, 5.41) is 11.4. The smallest absolute Gasteiger partial charge is 0.364 e. The Labute approximate surface area is 169 Å². The molecule has 3 aromatic carbocycles. The van der Waals surface area contributed by atoms with Crippen LogP contribution in [0.25, 0.3) is 10.8 Å². The molecular weight excluding hydrogens is 368 g/mol. The predicted octanol–water partition coefficient (Wildman–Crippen LogP) is 4.43. The van der Waals surface area contributed by atoms with E-state index < -0.39 is 11.8 Å². The van der Waals surface area contributed by atoms with E-state index in [4.69, 9.17) is 19.3 Å². The molecule has 0 bridgehead atoms. The van der Waals surface area contributed by atoms with Gasteiger partial charge in [0, 0.05) is 12.8 Å². The number of aliphatic carboxylic acids is 1. The summed E-state index contributed by atoms with van der Waals surface area (Å²) in [7, 11) is 0. The lowest BCUT2D eigenvalue weighted by Gasteiger charge is -2.34. The molecule has 3 aromatic rings. The summed E-state index contributed by atoms with van der Waals surface area (Å²) in [5.41, 5.74) is 2.31. The summed E-state index contributed by atoms with van der Waals surface area (Å²) in [6.45, 7) is 2.72. The molecule has 4 rings (SSSR count). The standard InChI is InChI=1S/C24H24O5/c1-24(23(25)26)28-15-19(16-29-24)11-18-7-8-21-13-22(10-9-20(21)12-18)27-14-17-5-3-2-4-6-17/h2-10,12-13,19H,11,14-16H2,1H3,(H,25,26)/t19-,24-. The Morgan fingerprint density at radius 2 is 1.69 bits per heavy atom. The fourth-order valence-corrected chi connectivity index (χ4v) is 3.45. The zero-order valence-corrected chi connectivity index (χ0v) is 16.3. The summed E-state index contributed by atoms with van der Waals surface area (Å²) in [4.78, 5) is 11.2. The van der Waals surface area contributed by atoms with Crippen LogP contribution in [0.2, 0.25) is 0 Å². The molecule has 0 aliphatic carbocycles. The van der Waals surface area contributed by atoms with Crippen LogP contribution in [0, 0.1) is 5.92 Å². The molecular formula is C24H24O5. The molecule has 5 nitrogen and oxygen atoms in total. The van der Waals surface area contributed by atoms with Gasteiger partial charge in [-0.2, -0.15) is 0 Å². The van der Waals surface area contributed by atoms with Gasteiger partial charge < -0.3 is 19.3 Å². The van der Waals surface area contributed by atoms with Crippen LogP contribution < -0.4 is 4.74 Å². The van der Waals surface area contributed by atoms with Gasteiger partial charge >= 0.3 is 5.97 Å². The molecule has 1 heterocycles. The second-order valence-corrected chi connectivity index (χ2v) is 7.56. The van der Waals surface area contributed by atoms with Crippen LogP contribution >= 0.6 is 0 Å². The number of carboxylic acids is 1. The van der Waals surface area contributed by atoms with Gasteiger partial charge in [0.15, 0.2) is 0 Å². The lowest BCUT2D eigenvalue weighted by Crippen LogP contribution is -2.48. The molecule has 1 saturated heterocycles. The quantitative estimate of drug-likeness (QED) is 0.672. The van der Waals surface area contributed by atoms with E-state index in [1.165, 1.54) is 12.5 Å². The van der Waals surface area contributed by atoms with E-state index in [0.717, 1.165) is 28.5 Å². The van der Waals surface area contributed by atoms with Crippen LogP contribution in [0.4, 0.5) is 0 Å². The zero-order valence-electron chi connectivity index (χ0n) is 16.3. The van der Waals surface area contributed by atoms with E-state index in [1.54, 1.807) is 0 Å². The molecule has 150 valence electrons. The van der Waals surface area contributed by atoms with Gasteiger partial charge in [-0.3, -0.25) is 0 Å². The van der Waals surface area contributed by atoms with Crippen LogP contribution in [0.15, 0.2) is 66.7 Å². The second-order valence-electron chi connectivity index (χ2n) is 7.56. The first kappa shape index (κ1) is 19.4. The van der Waals surface area contributed by atoms with Crippen LogP contribution in [-0.2, 0) is 27.3 Å². The molecule has 1 fully saturated rings. The number of fused-ring (bicyclic) bond motifs is 1. The molecule has 5 heteroatoms. The molecule has 1 aliphatic heterocycles. The first-order valence-corrected chi connectivity index (χ1v) is 9.72. The van der Waals surface area contributed by atoms with Gasteiger partial charge in [-0.1, -0.05) is 54.6 Å². The molecule has 29 heavy (non-hydrogen) atoms. The highest BCUT2D eigenvalue weighted by Crippen LogP contribution is 2.27. The number of ether oxygens (including phenoxy) is 3. The third-order valence-electron chi connectivity index (χ3n) is 5.23. The largest absolute Gasteiger partial charge is 0.489 e. The Bertz CT molecular complexity index is 991. The molecule has 0 radical (unpaired) electrons. The molecule has 0 spiro atoms. The van der Waals surface area contributed by atoms with Crippen molar-refractivity contribution in [2.45, 2.75) is 25.7 Å². The van der Waals surface area contributed by atoms with Crippen molar-refractivity contribution in [3.8, 4) is 5.75 Å². The highest BCUT2D eigenvalue weighted by Gasteiger charge is 2.40. The van der Waals surface area contributed by atoms with E-state index in [9.17, 15) is 4.79 Å². The van der Waals surface area contributed by atoms with Crippen LogP contribution in [0.5, 0.6) is 5.75 Å². The molecule has 0 atom stereocenters. The SMILES string of the molecule is C[C@]1(C(=O)O)OC[C@H](Cc2ccc3cc(OCc4ccccc4)ccc3c2)CO1. The van der Waals surface area contributed by atoms with Crippen molar-refractivity contribution in [1.82, 2.24) is 0 Å². The number of hydrogen-bond donors (Lipinski definition) is 1. The monoisotopic (exact) mass is 392 g/mol. The molecule has 1 N–H and O–H groups in total. The van der Waals surface area contributed by atoms with Crippen LogP contribution in [-0.4, -0.2) is 30.1 Å². The minimum Gasteiger partial charge on any atom is -0.489 e. The lowest BCUT2D eigenvalue weighted by molar-refractivity contribution is -0.270. The van der Waals surface area contributed by atoms with Crippen molar-refractivity contribution >= 4 is 16.7 Å². The van der Waals surface area contributed by atoms with E-state index in [0.29, 0.717) is 19.8 Å². The summed E-state index contributed by atoms with van der Waals surface area (Å²) >= 11 is 0. The first-order valence-electron chi connectivity index (χ1n) is 9.72. The van der Waals surface area contributed by atoms with Crippen molar-refractivity contribution < 1.29 is 24.1 Å². The lowest BCUT2D eigenvalue weighted by atomic mass is 9.97. The van der Waals surface area contributed by atoms with Gasteiger partial charge in [-0.25, -0.2) is 4.79 Å². The van der Waals surface area contributed by atoms with Crippen molar-refractivity contribution in [3.05, 3.63) is 77.9 Å². The van der Waals surface area contributed by atoms with Gasteiger partial charge in [0.2, 0.25) is 0 Å². The topological polar surface area (TPSA) is 65.0 Å². The second kappa shape index (κ2) is 8.23. The van der Waals surface area contributed by atoms with Crippen LogP contribution in [0.1, 0.15) is 18.1 Å². The van der Waals surface area contributed by atoms with Crippen molar-refractivity contribution in [2.75, 3.05) is 13.2 Å². The Morgan fingerprint density at radius 3 is 2.41 bits per heavy atom. The zero-order chi connectivity index (χ0) is 20.3. The summed E-state index contributed by atoms with van der Waals surface area (Å²) < 4.78 is 16.8. The van der Waals surface area contributed by atoms with Gasteiger partial charge in [-0.15, -0.1) is 0 Å². The highest BCUT2D eigenvalue weighted by atomic mass is 16.7. The normalized spacial score (nSPS) is 21.8. The van der Waals surface area contributed by atoms with Crippen LogP contribution in [0.3, 0.4) is 0 Å². The van der Waals surface area contributed by atoms with Crippen molar-refractivity contribution in [2.24, 2.45) is 5.92 Å². The van der Waals surface area contributed by atoms with E-state index in [2.05, 4.69) is 24.3 Å². The Kier molecular flexibility index (Phi) is 5.51. The summed E-state index contributed by atoms with van der Waals surface area (Å²) in [6.07, 6.45) is 0.776. The fourth-order valence-electron chi connectivity index (χ4n) is 3.45. The van der Waals surface area contributed by atoms with E-state index >= 15 is 0 Å². The number of carboxylic acid groups (broad SMARTS) is 1. The highest BCUT2D eigenvalue weighted by molar-refractivity contribution is 5.84. The predicted molar refractivity (Wildman–Crippen MR) is 110 cm³/mol. The molecule has 1 aliphatic rings. The fraction of sp³-hybridized carbons (Fsp3) is 0.292. The third kappa shape index (κ3) is 4.58. The average Bonchev–Trinajstić information content (AvgIpc) is 2.74. The third-order valence-corrected chi connectivity index (χ3v) is 5.23. The maximum absolute atomic E-state index is 11.2. The Morgan fingerprint density at radius 1 is 1.00 bits per heavy atom. The van der Waals surface area contributed by atoms with Gasteiger partial charge in [0.05, 0.1) is 13.2 Å². The number of benzene rings is 3. The van der Waals surface area contributed by atoms with E-state index in [1.807, 2.05) is 42.5 Å². The first-order chi connectivity index (χ1) is 14.0. The van der Waals surface area contributed by atoms with E-state index in [-0.39, 0.29) is 5.92 Å². The molecule has 0 amide bonds. The number of carbonyl (C=O) groups is 1. The summed E-state index contributed by atoms with van der Waals surface area (Å²) in [5.74, 6) is -1.65. The summed E-state index contributed by atoms with van der Waals surface area (Å²) in [6, 6.07) is 22.5. The minimum absolute atomic E-state index is 0.133. The minimum atomic E-state index is -1.53. The van der Waals surface area contributed by atoms with Crippen molar-refractivity contribution in [3.63, 3.8) is 0 Å². The Hall–Kier alpha value is -2.89. The van der Waals surface area contributed by atoms with Gasteiger partial charge in [0.25, 0.3) is 5.79 Å². The Balaban J connectivity index is 1.39. The maximum atomic E-state index is 11.2. The number of hydrogen-bond acceptors (Lipinski definition) is 4. The number of rotatable bonds is 6. The average molecular weight is 392 g/mol. The van der Waals surface area contributed by atoms with Gasteiger partial charge in [-0.05, 0) is 40.5 Å². The van der Waals surface area contributed by atoms with Crippen molar-refractivity contribution in [1.29, 1.82) is 0 Å². The molecule has 0 aromatic heterocycles. The molecule has 0 saturated carbocycles. The van der Waals surface area contributed by atoms with Gasteiger partial charge in [0.1, 0.15) is 12.4 Å².